The van der Waals surface area contributed by atoms with Crippen LogP contribution in [0.15, 0.2) is 16.3 Å². The zero-order valence-corrected chi connectivity index (χ0v) is 12.8. The molecule has 1 aromatic rings. The van der Waals surface area contributed by atoms with Crippen molar-refractivity contribution in [2.75, 3.05) is 0 Å². The first-order valence-electron chi connectivity index (χ1n) is 6.77. The highest BCUT2D eigenvalue weighted by Gasteiger charge is 2.48. The van der Waals surface area contributed by atoms with Crippen molar-refractivity contribution < 1.29 is 13.2 Å². The van der Waals surface area contributed by atoms with E-state index in [-0.39, 0.29) is 22.1 Å². The number of thiophene rings is 1. The summed E-state index contributed by atoms with van der Waals surface area (Å²) in [6.45, 7) is 1.87. The number of carbonyl (C=O) groups excluding carboxylic acids is 1. The molecule has 1 aromatic heterocycles. The molecule has 3 unspecified atom stereocenters. The minimum Gasteiger partial charge on any atom is -0.349 e. The Morgan fingerprint density at radius 2 is 2.00 bits per heavy atom. The van der Waals surface area contributed by atoms with Gasteiger partial charge in [0.1, 0.15) is 4.21 Å². The van der Waals surface area contributed by atoms with Crippen molar-refractivity contribution in [3.8, 4) is 0 Å². The molecule has 0 radical (unpaired) electrons. The van der Waals surface area contributed by atoms with Crippen molar-refractivity contribution in [1.82, 2.24) is 5.32 Å². The fourth-order valence-corrected chi connectivity index (χ4v) is 4.80. The fourth-order valence-electron chi connectivity index (χ4n) is 3.05. The van der Waals surface area contributed by atoms with Crippen LogP contribution in [0.4, 0.5) is 0 Å². The highest BCUT2D eigenvalue weighted by molar-refractivity contribution is 7.91. The quantitative estimate of drug-likeness (QED) is 0.885. The summed E-state index contributed by atoms with van der Waals surface area (Å²) in [6, 6.07) is 3.02. The van der Waals surface area contributed by atoms with Gasteiger partial charge in [-0.25, -0.2) is 13.6 Å². The maximum atomic E-state index is 12.1. The average molecular weight is 314 g/mol. The molecule has 3 rings (SSSR count). The smallest absolute Gasteiger partial charge is 0.247 e. The lowest BCUT2D eigenvalue weighted by molar-refractivity contribution is -0.125. The van der Waals surface area contributed by atoms with E-state index in [1.807, 2.05) is 6.92 Å². The molecule has 1 heterocycles. The molecule has 7 heteroatoms. The van der Waals surface area contributed by atoms with Gasteiger partial charge in [0.15, 0.2) is 0 Å². The SMILES string of the molecule is CC(NC(=O)C1CC2CC2C1)c1ccc(S(N)(=O)=O)s1. The van der Waals surface area contributed by atoms with Crippen LogP contribution in [-0.2, 0) is 14.8 Å². The van der Waals surface area contributed by atoms with Gasteiger partial charge in [-0.3, -0.25) is 4.79 Å². The maximum Gasteiger partial charge on any atom is 0.247 e. The van der Waals surface area contributed by atoms with E-state index in [1.54, 1.807) is 6.07 Å². The van der Waals surface area contributed by atoms with Crippen LogP contribution in [0, 0.1) is 17.8 Å². The minimum atomic E-state index is -3.66. The predicted molar refractivity (Wildman–Crippen MR) is 76.6 cm³/mol. The van der Waals surface area contributed by atoms with Gasteiger partial charge in [-0.05, 0) is 50.2 Å². The van der Waals surface area contributed by atoms with E-state index >= 15 is 0 Å². The summed E-state index contributed by atoms with van der Waals surface area (Å²) in [7, 11) is -3.66. The first-order chi connectivity index (χ1) is 9.34. The standard InChI is InChI=1S/C13H18N2O3S2/c1-7(11-2-3-12(19-11)20(14,17)18)15-13(16)10-5-8-4-9(8)6-10/h2-3,7-10H,4-6H2,1H3,(H,15,16)(H2,14,17,18). The second-order valence-corrected chi connectivity index (χ2v) is 8.76. The molecule has 2 fully saturated rings. The van der Waals surface area contributed by atoms with Crippen LogP contribution in [0.5, 0.6) is 0 Å². The topological polar surface area (TPSA) is 89.3 Å². The summed E-state index contributed by atoms with van der Waals surface area (Å²) in [5.74, 6) is 1.78. The Labute approximate surface area is 122 Å². The number of carbonyl (C=O) groups is 1. The van der Waals surface area contributed by atoms with Gasteiger partial charge in [0.25, 0.3) is 0 Å². The molecule has 0 spiro atoms. The number of hydrogen-bond acceptors (Lipinski definition) is 4. The minimum absolute atomic E-state index is 0.0928. The Morgan fingerprint density at radius 1 is 1.35 bits per heavy atom. The lowest BCUT2D eigenvalue weighted by atomic mass is 10.0. The van der Waals surface area contributed by atoms with E-state index < -0.39 is 10.0 Å². The molecule has 2 aliphatic carbocycles. The van der Waals surface area contributed by atoms with E-state index in [4.69, 9.17) is 5.14 Å². The van der Waals surface area contributed by atoms with Gasteiger partial charge >= 0.3 is 0 Å². The van der Waals surface area contributed by atoms with E-state index in [0.29, 0.717) is 0 Å². The Balaban J connectivity index is 1.62. The van der Waals surface area contributed by atoms with Crippen molar-refractivity contribution in [3.63, 3.8) is 0 Å². The second kappa shape index (κ2) is 4.82. The first kappa shape index (κ1) is 14.0. The summed E-state index contributed by atoms with van der Waals surface area (Å²) in [4.78, 5) is 13.0. The lowest BCUT2D eigenvalue weighted by Crippen LogP contribution is -2.31. The third kappa shape index (κ3) is 2.75. The van der Waals surface area contributed by atoms with Crippen molar-refractivity contribution >= 4 is 27.3 Å². The number of nitrogens with one attached hydrogen (secondary N) is 1. The third-order valence-electron chi connectivity index (χ3n) is 4.28. The Bertz CT molecular complexity index is 628. The Hall–Kier alpha value is -0.920. The number of amides is 1. The Morgan fingerprint density at radius 3 is 2.55 bits per heavy atom. The normalized spacial score (nSPS) is 29.8. The number of rotatable bonds is 4. The molecule has 0 aliphatic heterocycles. The summed E-state index contributed by atoms with van der Waals surface area (Å²) in [5.41, 5.74) is 0. The van der Waals surface area contributed by atoms with Crippen LogP contribution in [0.1, 0.15) is 37.1 Å². The van der Waals surface area contributed by atoms with Crippen LogP contribution in [0.2, 0.25) is 0 Å². The fraction of sp³-hybridized carbons (Fsp3) is 0.615. The zero-order valence-electron chi connectivity index (χ0n) is 11.2. The zero-order chi connectivity index (χ0) is 14.5. The Kier molecular flexibility index (Phi) is 3.38. The number of fused-ring (bicyclic) bond motifs is 1. The number of nitrogens with two attached hydrogens (primary N) is 1. The van der Waals surface area contributed by atoms with Gasteiger partial charge in [-0.15, -0.1) is 11.3 Å². The molecule has 2 aliphatic rings. The van der Waals surface area contributed by atoms with Gasteiger partial charge < -0.3 is 5.32 Å². The van der Waals surface area contributed by atoms with E-state index in [9.17, 15) is 13.2 Å². The maximum absolute atomic E-state index is 12.1. The summed E-state index contributed by atoms with van der Waals surface area (Å²) >= 11 is 1.11. The number of sulfonamides is 1. The largest absolute Gasteiger partial charge is 0.349 e. The molecule has 3 atom stereocenters. The van der Waals surface area contributed by atoms with Crippen LogP contribution in [-0.4, -0.2) is 14.3 Å². The lowest BCUT2D eigenvalue weighted by Gasteiger charge is -2.16. The van der Waals surface area contributed by atoms with Gasteiger partial charge in [0, 0.05) is 10.8 Å². The summed E-state index contributed by atoms with van der Waals surface area (Å²) in [5, 5.41) is 8.07. The van der Waals surface area contributed by atoms with Gasteiger partial charge in [0.05, 0.1) is 6.04 Å². The van der Waals surface area contributed by atoms with Crippen molar-refractivity contribution in [1.29, 1.82) is 0 Å². The summed E-state index contributed by atoms with van der Waals surface area (Å²) in [6.07, 6.45) is 3.31. The van der Waals surface area contributed by atoms with Crippen molar-refractivity contribution in [2.24, 2.45) is 22.9 Å². The third-order valence-corrected chi connectivity index (χ3v) is 6.99. The predicted octanol–water partition coefficient (Wildman–Crippen LogP) is 1.62. The monoisotopic (exact) mass is 314 g/mol. The highest BCUT2D eigenvalue weighted by atomic mass is 32.2. The van der Waals surface area contributed by atoms with Gasteiger partial charge in [0.2, 0.25) is 15.9 Å². The van der Waals surface area contributed by atoms with Gasteiger partial charge in [-0.1, -0.05) is 0 Å². The number of primary sulfonamides is 1. The van der Waals surface area contributed by atoms with Gasteiger partial charge in [-0.2, -0.15) is 0 Å². The molecule has 20 heavy (non-hydrogen) atoms. The van der Waals surface area contributed by atoms with E-state index in [1.165, 1.54) is 12.5 Å². The van der Waals surface area contributed by atoms with Crippen LogP contribution in [0.3, 0.4) is 0 Å². The van der Waals surface area contributed by atoms with Crippen LogP contribution >= 0.6 is 11.3 Å². The molecular formula is C13H18N2O3S2. The molecule has 2 saturated carbocycles. The molecular weight excluding hydrogens is 296 g/mol. The number of hydrogen-bond donors (Lipinski definition) is 2. The second-order valence-electron chi connectivity index (χ2n) is 5.86. The van der Waals surface area contributed by atoms with E-state index in [2.05, 4.69) is 5.32 Å². The molecule has 0 bridgehead atoms. The van der Waals surface area contributed by atoms with Crippen molar-refractivity contribution in [2.45, 2.75) is 36.4 Å². The van der Waals surface area contributed by atoms with E-state index in [0.717, 1.165) is 40.9 Å². The van der Waals surface area contributed by atoms with Crippen LogP contribution in [0.25, 0.3) is 0 Å². The highest BCUT2D eigenvalue weighted by Crippen LogP contribution is 2.54. The first-order valence-corrected chi connectivity index (χ1v) is 9.14. The molecule has 0 aromatic carbocycles. The molecule has 110 valence electrons. The molecule has 5 nitrogen and oxygen atoms in total. The molecule has 0 saturated heterocycles. The van der Waals surface area contributed by atoms with Crippen LogP contribution < -0.4 is 10.5 Å². The average Bonchev–Trinajstić information content (AvgIpc) is 2.84. The summed E-state index contributed by atoms with van der Waals surface area (Å²) < 4.78 is 22.6. The van der Waals surface area contributed by atoms with Crippen molar-refractivity contribution in [3.05, 3.63) is 17.0 Å². The molecule has 3 N–H and O–H groups in total. The molecule has 1 amide bonds.